The van der Waals surface area contributed by atoms with Gasteiger partial charge in [-0.05, 0) is 98.2 Å². The topological polar surface area (TPSA) is 125 Å². The lowest BCUT2D eigenvalue weighted by Gasteiger charge is -2.31. The fourth-order valence-electron chi connectivity index (χ4n) is 7.76. The molecule has 2 aliphatic rings. The summed E-state index contributed by atoms with van der Waals surface area (Å²) < 4.78 is 7.52. The number of piperazine rings is 1. The molecular formula is C44H54N8O3. The summed E-state index contributed by atoms with van der Waals surface area (Å²) in [6.45, 7) is 15.3. The number of benzene rings is 3. The Morgan fingerprint density at radius 2 is 1.67 bits per heavy atom. The van der Waals surface area contributed by atoms with Crippen molar-refractivity contribution in [3.63, 3.8) is 0 Å². The Bertz CT molecular complexity index is 2140. The van der Waals surface area contributed by atoms with E-state index < -0.39 is 0 Å². The van der Waals surface area contributed by atoms with Crippen molar-refractivity contribution >= 4 is 28.5 Å². The first-order valence-electron chi connectivity index (χ1n) is 19.8. The van der Waals surface area contributed by atoms with Gasteiger partial charge in [-0.15, -0.1) is 0 Å². The largest absolute Gasteiger partial charge is 0.381 e. The summed E-state index contributed by atoms with van der Waals surface area (Å²) in [5, 5.41) is 19.1. The zero-order valence-corrected chi connectivity index (χ0v) is 32.6. The number of aryl methyl sites for hydroxylation is 3. The number of carbonyl (C=O) groups excluding carboxylic acids is 2. The van der Waals surface area contributed by atoms with Crippen molar-refractivity contribution in [3.05, 3.63) is 112 Å². The average Bonchev–Trinajstić information content (AvgIpc) is 3.63. The van der Waals surface area contributed by atoms with Gasteiger partial charge in [-0.3, -0.25) is 14.5 Å². The van der Waals surface area contributed by atoms with Gasteiger partial charge in [0.2, 0.25) is 0 Å². The lowest BCUT2D eigenvalue weighted by atomic mass is 9.98. The van der Waals surface area contributed by atoms with E-state index in [-0.39, 0.29) is 24.4 Å². The van der Waals surface area contributed by atoms with Crippen LogP contribution in [0.15, 0.2) is 72.9 Å². The van der Waals surface area contributed by atoms with E-state index in [4.69, 9.17) is 9.72 Å². The summed E-state index contributed by atoms with van der Waals surface area (Å²) in [7, 11) is 0. The second-order valence-electron chi connectivity index (χ2n) is 14.9. The third kappa shape index (κ3) is 9.07. The zero-order chi connectivity index (χ0) is 38.3. The minimum Gasteiger partial charge on any atom is -0.381 e. The molecule has 0 unspecified atom stereocenters. The van der Waals surface area contributed by atoms with Crippen LogP contribution in [0.4, 0.5) is 5.69 Å². The van der Waals surface area contributed by atoms with Crippen molar-refractivity contribution in [1.29, 1.82) is 0 Å². The molecule has 2 fully saturated rings. The number of rotatable bonds is 13. The van der Waals surface area contributed by atoms with E-state index >= 15 is 0 Å². The van der Waals surface area contributed by atoms with Crippen molar-refractivity contribution in [2.24, 2.45) is 0 Å². The summed E-state index contributed by atoms with van der Waals surface area (Å²) in [6.07, 6.45) is 4.39. The van der Waals surface area contributed by atoms with Crippen molar-refractivity contribution in [1.82, 2.24) is 35.6 Å². The summed E-state index contributed by atoms with van der Waals surface area (Å²) in [5.74, 6) is -0.485. The Balaban J connectivity index is 1.02. The highest BCUT2D eigenvalue weighted by molar-refractivity contribution is 6.00. The average molecular weight is 743 g/mol. The Morgan fingerprint density at radius 3 is 2.42 bits per heavy atom. The van der Waals surface area contributed by atoms with Crippen LogP contribution >= 0.6 is 0 Å². The molecule has 0 aliphatic carbocycles. The summed E-state index contributed by atoms with van der Waals surface area (Å²) in [5.41, 5.74) is 10.3. The fraction of sp³-hybridized carbons (Fsp3) is 0.409. The molecule has 2 saturated heterocycles. The minimum absolute atomic E-state index is 0.231. The molecule has 55 heavy (non-hydrogen) atoms. The Hall–Kier alpha value is -5.10. The predicted molar refractivity (Wildman–Crippen MR) is 218 cm³/mol. The number of nitrogens with zero attached hydrogens (tertiary/aromatic N) is 4. The van der Waals surface area contributed by atoms with Crippen LogP contribution in [0.1, 0.15) is 82.3 Å². The highest BCUT2D eigenvalue weighted by Crippen LogP contribution is 2.31. The number of aromatic nitrogens is 3. The molecular weight excluding hydrogens is 689 g/mol. The molecule has 288 valence electrons. The van der Waals surface area contributed by atoms with Crippen LogP contribution in [0.25, 0.3) is 22.2 Å². The second kappa shape index (κ2) is 17.6. The molecule has 4 heterocycles. The van der Waals surface area contributed by atoms with Gasteiger partial charge < -0.3 is 26.0 Å². The number of hydrogen-bond donors (Lipinski definition) is 4. The Kier molecular flexibility index (Phi) is 12.2. The number of fused-ring (bicyclic) bond motifs is 1. The van der Waals surface area contributed by atoms with Gasteiger partial charge in [0.1, 0.15) is 0 Å². The third-order valence-electron chi connectivity index (χ3n) is 10.9. The van der Waals surface area contributed by atoms with Crippen molar-refractivity contribution in [2.75, 3.05) is 38.2 Å². The van der Waals surface area contributed by atoms with Crippen LogP contribution in [-0.2, 0) is 37.3 Å². The van der Waals surface area contributed by atoms with Crippen LogP contribution in [0.5, 0.6) is 0 Å². The molecule has 5 aromatic rings. The first kappa shape index (κ1) is 38.2. The van der Waals surface area contributed by atoms with Crippen molar-refractivity contribution in [3.8, 4) is 11.1 Å². The number of carbonyl (C=O) groups is 2. The number of pyridine rings is 1. The number of ether oxygens (including phenoxy) is 1. The van der Waals surface area contributed by atoms with Crippen LogP contribution in [-0.4, -0.2) is 76.4 Å². The van der Waals surface area contributed by atoms with Crippen LogP contribution in [0, 0.1) is 6.92 Å². The maximum absolute atomic E-state index is 13.6. The SMILES string of the molecule is CCc1nc2c(cnn2CC)c(NC2CCOCC2)c1CNC(=O)c1cccc(C(=O)NCc2cc(-c3cccc(CN4CCN[C@@H](C)C4)c3)ccc2C)c1. The quantitative estimate of drug-likeness (QED) is 0.112. The first-order valence-corrected chi connectivity index (χ1v) is 19.8. The number of amides is 2. The van der Waals surface area contributed by atoms with E-state index in [0.717, 1.165) is 89.3 Å². The van der Waals surface area contributed by atoms with Gasteiger partial charge in [0, 0.05) is 93.5 Å². The number of anilines is 1. The van der Waals surface area contributed by atoms with Crippen LogP contribution in [0.2, 0.25) is 0 Å². The third-order valence-corrected chi connectivity index (χ3v) is 10.9. The van der Waals surface area contributed by atoms with E-state index in [2.05, 4.69) is 101 Å². The summed E-state index contributed by atoms with van der Waals surface area (Å²) in [6, 6.07) is 22.8. The van der Waals surface area contributed by atoms with Gasteiger partial charge in [-0.1, -0.05) is 43.3 Å². The van der Waals surface area contributed by atoms with E-state index in [0.29, 0.717) is 49.9 Å². The molecule has 0 spiro atoms. The van der Waals surface area contributed by atoms with Gasteiger partial charge in [0.25, 0.3) is 11.8 Å². The molecule has 0 saturated carbocycles. The normalized spacial score (nSPS) is 16.6. The standard InChI is InChI=1S/C44H54N8O3/c1-5-40-38(41(49-37-15-19-55-20-16-37)39-26-48-52(6-2)42(39)50-40)25-47-44(54)35-12-8-11-34(23-35)43(53)46-24-36-22-33(14-13-29(36)3)32-10-7-9-31(21-32)28-51-18-17-45-30(4)27-51/h7-14,21-23,26,30,37,45H,5-6,15-20,24-25,27-28H2,1-4H3,(H,46,53)(H,47,54)(H,49,50)/t30-/m0/s1. The molecule has 2 amide bonds. The predicted octanol–water partition coefficient (Wildman–Crippen LogP) is 6.23. The number of nitrogens with one attached hydrogen (secondary N) is 4. The second-order valence-corrected chi connectivity index (χ2v) is 14.9. The highest BCUT2D eigenvalue weighted by atomic mass is 16.5. The Labute approximate surface area is 324 Å². The smallest absolute Gasteiger partial charge is 0.251 e. The van der Waals surface area contributed by atoms with Crippen LogP contribution in [0.3, 0.4) is 0 Å². The van der Waals surface area contributed by atoms with Gasteiger partial charge >= 0.3 is 0 Å². The molecule has 2 aliphatic heterocycles. The highest BCUT2D eigenvalue weighted by Gasteiger charge is 2.23. The molecule has 11 nitrogen and oxygen atoms in total. The molecule has 2 aromatic heterocycles. The van der Waals surface area contributed by atoms with E-state index in [9.17, 15) is 9.59 Å². The van der Waals surface area contributed by atoms with E-state index in [1.165, 1.54) is 5.56 Å². The number of hydrogen-bond acceptors (Lipinski definition) is 8. The minimum atomic E-state index is -0.254. The zero-order valence-electron chi connectivity index (χ0n) is 32.6. The summed E-state index contributed by atoms with van der Waals surface area (Å²) >= 11 is 0. The van der Waals surface area contributed by atoms with Crippen molar-refractivity contribution in [2.45, 2.75) is 85.2 Å². The molecule has 11 heteroatoms. The van der Waals surface area contributed by atoms with Crippen LogP contribution < -0.4 is 21.3 Å². The molecule has 3 aromatic carbocycles. The lowest BCUT2D eigenvalue weighted by molar-refractivity contribution is 0.0904. The van der Waals surface area contributed by atoms with E-state index in [1.807, 2.05) is 10.9 Å². The lowest BCUT2D eigenvalue weighted by Crippen LogP contribution is -2.48. The van der Waals surface area contributed by atoms with E-state index in [1.54, 1.807) is 24.3 Å². The molecule has 7 rings (SSSR count). The first-order chi connectivity index (χ1) is 26.8. The van der Waals surface area contributed by atoms with Gasteiger partial charge in [-0.2, -0.15) is 5.10 Å². The Morgan fingerprint density at radius 1 is 0.927 bits per heavy atom. The summed E-state index contributed by atoms with van der Waals surface area (Å²) in [4.78, 5) is 34.6. The molecule has 0 bridgehead atoms. The maximum atomic E-state index is 13.6. The maximum Gasteiger partial charge on any atom is 0.251 e. The monoisotopic (exact) mass is 742 g/mol. The van der Waals surface area contributed by atoms with Gasteiger partial charge in [0.05, 0.1) is 17.3 Å². The van der Waals surface area contributed by atoms with Gasteiger partial charge in [0.15, 0.2) is 5.65 Å². The van der Waals surface area contributed by atoms with Gasteiger partial charge in [-0.25, -0.2) is 9.67 Å². The van der Waals surface area contributed by atoms with Crippen molar-refractivity contribution < 1.29 is 14.3 Å². The molecule has 0 radical (unpaired) electrons. The molecule has 1 atom stereocenters. The fourth-order valence-corrected chi connectivity index (χ4v) is 7.76. The molecule has 4 N–H and O–H groups in total.